The standard InChI is InChI=1S/C14H19BrN2O3/c1-14(4-6-20-7-5-14)10-16-9-11-2-3-12(15)13(8-11)17(18)19/h2-3,8,16H,4-7,9-10H2,1H3. The molecule has 1 aromatic carbocycles. The van der Waals surface area contributed by atoms with Crippen LogP contribution in [0.4, 0.5) is 5.69 Å². The number of nitro groups is 1. The summed E-state index contributed by atoms with van der Waals surface area (Å²) in [5, 5.41) is 14.3. The molecule has 1 fully saturated rings. The molecule has 6 heteroatoms. The number of benzene rings is 1. The lowest BCUT2D eigenvalue weighted by Crippen LogP contribution is -2.36. The van der Waals surface area contributed by atoms with Crippen molar-refractivity contribution in [3.05, 3.63) is 38.3 Å². The van der Waals surface area contributed by atoms with E-state index in [1.54, 1.807) is 12.1 Å². The summed E-state index contributed by atoms with van der Waals surface area (Å²) in [5.74, 6) is 0. The maximum Gasteiger partial charge on any atom is 0.283 e. The van der Waals surface area contributed by atoms with Crippen molar-refractivity contribution in [2.24, 2.45) is 5.41 Å². The topological polar surface area (TPSA) is 64.4 Å². The molecule has 0 bridgehead atoms. The first kappa shape index (κ1) is 15.4. The summed E-state index contributed by atoms with van der Waals surface area (Å²) < 4.78 is 5.89. The third-order valence-corrected chi connectivity index (χ3v) is 4.46. The minimum Gasteiger partial charge on any atom is -0.381 e. The van der Waals surface area contributed by atoms with E-state index < -0.39 is 0 Å². The van der Waals surface area contributed by atoms with E-state index >= 15 is 0 Å². The molecule has 0 atom stereocenters. The van der Waals surface area contributed by atoms with E-state index in [0.717, 1.165) is 38.2 Å². The molecule has 0 radical (unpaired) electrons. The zero-order chi connectivity index (χ0) is 14.6. The average Bonchev–Trinajstić information content (AvgIpc) is 2.41. The number of hydrogen-bond acceptors (Lipinski definition) is 4. The number of nitrogens with zero attached hydrogens (tertiary/aromatic N) is 1. The molecular weight excluding hydrogens is 324 g/mol. The van der Waals surface area contributed by atoms with Gasteiger partial charge in [0.2, 0.25) is 0 Å². The summed E-state index contributed by atoms with van der Waals surface area (Å²) in [5.41, 5.74) is 1.30. The minimum atomic E-state index is -0.368. The molecule has 0 unspecified atom stereocenters. The van der Waals surface area contributed by atoms with Gasteiger partial charge < -0.3 is 10.1 Å². The van der Waals surface area contributed by atoms with Gasteiger partial charge >= 0.3 is 0 Å². The highest BCUT2D eigenvalue weighted by Crippen LogP contribution is 2.29. The van der Waals surface area contributed by atoms with Crippen molar-refractivity contribution in [3.63, 3.8) is 0 Å². The summed E-state index contributed by atoms with van der Waals surface area (Å²) in [4.78, 5) is 10.5. The Balaban J connectivity index is 1.91. The Morgan fingerprint density at radius 2 is 2.15 bits per heavy atom. The lowest BCUT2D eigenvalue weighted by Gasteiger charge is -2.33. The van der Waals surface area contributed by atoms with Crippen molar-refractivity contribution >= 4 is 21.6 Å². The smallest absolute Gasteiger partial charge is 0.283 e. The Bertz CT molecular complexity index is 487. The molecule has 110 valence electrons. The van der Waals surface area contributed by atoms with Crippen molar-refractivity contribution in [1.82, 2.24) is 5.32 Å². The van der Waals surface area contributed by atoms with E-state index in [2.05, 4.69) is 28.2 Å². The lowest BCUT2D eigenvalue weighted by molar-refractivity contribution is -0.385. The normalized spacial score (nSPS) is 17.9. The Kier molecular flexibility index (Phi) is 5.12. The van der Waals surface area contributed by atoms with Crippen LogP contribution in [0.15, 0.2) is 22.7 Å². The molecule has 0 amide bonds. The van der Waals surface area contributed by atoms with E-state index in [0.29, 0.717) is 11.0 Å². The highest BCUT2D eigenvalue weighted by atomic mass is 79.9. The van der Waals surface area contributed by atoms with Gasteiger partial charge in [0.1, 0.15) is 0 Å². The molecule has 1 aliphatic rings. The van der Waals surface area contributed by atoms with Gasteiger partial charge in [-0.2, -0.15) is 0 Å². The number of ether oxygens (including phenoxy) is 1. The Morgan fingerprint density at radius 3 is 2.80 bits per heavy atom. The molecule has 0 saturated carbocycles. The second kappa shape index (κ2) is 6.65. The Hall–Kier alpha value is -0.980. The van der Waals surface area contributed by atoms with Gasteiger partial charge in [0.15, 0.2) is 0 Å². The first-order valence-corrected chi connectivity index (χ1v) is 7.51. The monoisotopic (exact) mass is 342 g/mol. The van der Waals surface area contributed by atoms with Gasteiger partial charge in [0.05, 0.1) is 9.40 Å². The molecule has 5 nitrogen and oxygen atoms in total. The van der Waals surface area contributed by atoms with Crippen LogP contribution >= 0.6 is 15.9 Å². The molecule has 20 heavy (non-hydrogen) atoms. The van der Waals surface area contributed by atoms with Crippen LogP contribution in [0, 0.1) is 15.5 Å². The molecular formula is C14H19BrN2O3. The molecule has 0 aromatic heterocycles. The molecule has 1 N–H and O–H groups in total. The SMILES string of the molecule is CC1(CNCc2ccc(Br)c([N+](=O)[O-])c2)CCOCC1. The number of nitro benzene ring substituents is 1. The van der Waals surface area contributed by atoms with E-state index in [9.17, 15) is 10.1 Å². The van der Waals surface area contributed by atoms with Crippen LogP contribution in [-0.2, 0) is 11.3 Å². The zero-order valence-corrected chi connectivity index (χ0v) is 13.1. The van der Waals surface area contributed by atoms with Crippen molar-refractivity contribution in [3.8, 4) is 0 Å². The quantitative estimate of drug-likeness (QED) is 0.658. The summed E-state index contributed by atoms with van der Waals surface area (Å²) >= 11 is 3.19. The molecule has 1 aromatic rings. The van der Waals surface area contributed by atoms with Crippen LogP contribution in [0.3, 0.4) is 0 Å². The fourth-order valence-corrected chi connectivity index (χ4v) is 2.75. The molecule has 2 rings (SSSR count). The van der Waals surface area contributed by atoms with Crippen LogP contribution in [0.5, 0.6) is 0 Å². The van der Waals surface area contributed by atoms with Gasteiger partial charge in [-0.05, 0) is 45.8 Å². The lowest BCUT2D eigenvalue weighted by atomic mass is 9.82. The summed E-state index contributed by atoms with van der Waals surface area (Å²) in [6.45, 7) is 5.45. The Morgan fingerprint density at radius 1 is 1.45 bits per heavy atom. The number of rotatable bonds is 5. The van der Waals surface area contributed by atoms with E-state index in [-0.39, 0.29) is 16.0 Å². The summed E-state index contributed by atoms with van der Waals surface area (Å²) in [6.07, 6.45) is 2.11. The Labute approximate surface area is 127 Å². The first-order chi connectivity index (χ1) is 9.50. The third-order valence-electron chi connectivity index (χ3n) is 3.79. The summed E-state index contributed by atoms with van der Waals surface area (Å²) in [6, 6.07) is 5.24. The van der Waals surface area contributed by atoms with Crippen LogP contribution < -0.4 is 5.32 Å². The molecule has 1 heterocycles. The molecule has 1 saturated heterocycles. The summed E-state index contributed by atoms with van der Waals surface area (Å²) in [7, 11) is 0. The van der Waals surface area contributed by atoms with Crippen LogP contribution in [0.1, 0.15) is 25.3 Å². The van der Waals surface area contributed by atoms with E-state index in [1.165, 1.54) is 0 Å². The third kappa shape index (κ3) is 4.01. The van der Waals surface area contributed by atoms with Gasteiger partial charge in [0, 0.05) is 32.4 Å². The highest BCUT2D eigenvalue weighted by molar-refractivity contribution is 9.10. The first-order valence-electron chi connectivity index (χ1n) is 6.71. The van der Waals surface area contributed by atoms with Gasteiger partial charge in [0.25, 0.3) is 5.69 Å². The molecule has 1 aliphatic heterocycles. The van der Waals surface area contributed by atoms with Crippen LogP contribution in [-0.4, -0.2) is 24.7 Å². The molecule has 0 spiro atoms. The maximum absolute atomic E-state index is 10.9. The van der Waals surface area contributed by atoms with E-state index in [1.807, 2.05) is 6.07 Å². The predicted molar refractivity (Wildman–Crippen MR) is 80.7 cm³/mol. The second-order valence-corrected chi connectivity index (χ2v) is 6.42. The average molecular weight is 343 g/mol. The van der Waals surface area contributed by atoms with Crippen molar-refractivity contribution in [1.29, 1.82) is 0 Å². The zero-order valence-electron chi connectivity index (χ0n) is 11.5. The van der Waals surface area contributed by atoms with Crippen LogP contribution in [0.2, 0.25) is 0 Å². The minimum absolute atomic E-state index is 0.113. The fourth-order valence-electron chi connectivity index (χ4n) is 2.36. The predicted octanol–water partition coefficient (Wildman–Crippen LogP) is 3.26. The van der Waals surface area contributed by atoms with Gasteiger partial charge in [-0.1, -0.05) is 13.0 Å². The van der Waals surface area contributed by atoms with Gasteiger partial charge in [-0.25, -0.2) is 0 Å². The maximum atomic E-state index is 10.9. The van der Waals surface area contributed by atoms with Crippen molar-refractivity contribution < 1.29 is 9.66 Å². The van der Waals surface area contributed by atoms with Gasteiger partial charge in [-0.3, -0.25) is 10.1 Å². The largest absolute Gasteiger partial charge is 0.381 e. The van der Waals surface area contributed by atoms with Crippen LogP contribution in [0.25, 0.3) is 0 Å². The molecule has 0 aliphatic carbocycles. The number of halogens is 1. The second-order valence-electron chi connectivity index (χ2n) is 5.57. The fraction of sp³-hybridized carbons (Fsp3) is 0.571. The van der Waals surface area contributed by atoms with Crippen molar-refractivity contribution in [2.45, 2.75) is 26.3 Å². The van der Waals surface area contributed by atoms with Crippen molar-refractivity contribution in [2.75, 3.05) is 19.8 Å². The number of hydrogen-bond donors (Lipinski definition) is 1. The number of nitrogens with one attached hydrogen (secondary N) is 1. The van der Waals surface area contributed by atoms with E-state index in [4.69, 9.17) is 4.74 Å². The van der Waals surface area contributed by atoms with Gasteiger partial charge in [-0.15, -0.1) is 0 Å². The highest BCUT2D eigenvalue weighted by Gasteiger charge is 2.26.